The topological polar surface area (TPSA) is 12.0 Å². The molecule has 0 aliphatic heterocycles. The molecule has 12 heavy (non-hydrogen) atoms. The van der Waals surface area contributed by atoms with E-state index in [0.717, 1.165) is 0 Å². The lowest BCUT2D eigenvalue weighted by Gasteiger charge is -2.02. The van der Waals surface area contributed by atoms with Crippen LogP contribution in [0.4, 0.5) is 8.78 Å². The van der Waals surface area contributed by atoms with Gasteiger partial charge in [0, 0.05) is 6.54 Å². The van der Waals surface area contributed by atoms with Crippen LogP contribution in [0.15, 0.2) is 12.1 Å². The molecule has 0 unspecified atom stereocenters. The maximum atomic E-state index is 12.8. The van der Waals surface area contributed by atoms with Crippen LogP contribution in [0.1, 0.15) is 5.56 Å². The summed E-state index contributed by atoms with van der Waals surface area (Å²) in [5.74, 6) is -1.44. The summed E-state index contributed by atoms with van der Waals surface area (Å²) in [5, 5.41) is 2.33. The number of hydrogen-bond acceptors (Lipinski definition) is 1. The van der Waals surface area contributed by atoms with Crippen LogP contribution in [0, 0.1) is 11.6 Å². The highest BCUT2D eigenvalue weighted by molar-refractivity contribution is 6.30. The van der Waals surface area contributed by atoms with Crippen LogP contribution in [0.2, 0.25) is 5.02 Å². The first-order valence-electron chi connectivity index (χ1n) is 3.43. The SMILES string of the molecule is CNCc1cc(F)c(Cl)c(F)c1. The second-order valence-electron chi connectivity index (χ2n) is 2.40. The molecule has 1 aromatic carbocycles. The number of hydrogen-bond donors (Lipinski definition) is 1. The summed E-state index contributed by atoms with van der Waals surface area (Å²) in [5.41, 5.74) is 0.539. The van der Waals surface area contributed by atoms with Crippen LogP contribution < -0.4 is 5.32 Å². The molecule has 0 radical (unpaired) electrons. The van der Waals surface area contributed by atoms with Crippen molar-refractivity contribution in [2.24, 2.45) is 0 Å². The molecule has 0 heterocycles. The predicted molar refractivity (Wildman–Crippen MR) is 44.1 cm³/mol. The Labute approximate surface area is 74.3 Å². The van der Waals surface area contributed by atoms with E-state index in [1.807, 2.05) is 0 Å². The van der Waals surface area contributed by atoms with Crippen molar-refractivity contribution < 1.29 is 8.78 Å². The Hall–Kier alpha value is -0.670. The summed E-state index contributed by atoms with van der Waals surface area (Å²) in [6, 6.07) is 2.42. The van der Waals surface area contributed by atoms with Gasteiger partial charge in [-0.15, -0.1) is 0 Å². The van der Waals surface area contributed by atoms with Crippen LogP contribution in [-0.2, 0) is 6.54 Å². The fourth-order valence-electron chi connectivity index (χ4n) is 0.914. The van der Waals surface area contributed by atoms with E-state index in [2.05, 4.69) is 5.32 Å². The molecule has 0 atom stereocenters. The molecule has 1 N–H and O–H groups in total. The molecule has 0 saturated heterocycles. The Morgan fingerprint density at radius 1 is 1.33 bits per heavy atom. The van der Waals surface area contributed by atoms with Crippen LogP contribution in [-0.4, -0.2) is 7.05 Å². The summed E-state index contributed by atoms with van der Waals surface area (Å²) in [6.45, 7) is 0.422. The van der Waals surface area contributed by atoms with Crippen molar-refractivity contribution in [3.8, 4) is 0 Å². The molecule has 0 saturated carbocycles. The predicted octanol–water partition coefficient (Wildman–Crippen LogP) is 2.34. The molecule has 1 rings (SSSR count). The normalized spacial score (nSPS) is 10.3. The van der Waals surface area contributed by atoms with E-state index in [-0.39, 0.29) is 0 Å². The summed E-state index contributed by atoms with van der Waals surface area (Å²) in [7, 11) is 1.70. The molecule has 0 bridgehead atoms. The Morgan fingerprint density at radius 2 is 1.83 bits per heavy atom. The molecule has 66 valence electrons. The van der Waals surface area contributed by atoms with Gasteiger partial charge >= 0.3 is 0 Å². The molecule has 4 heteroatoms. The Morgan fingerprint density at radius 3 is 2.25 bits per heavy atom. The van der Waals surface area contributed by atoms with Crippen molar-refractivity contribution in [1.29, 1.82) is 0 Å². The molecule has 1 nitrogen and oxygen atoms in total. The second-order valence-corrected chi connectivity index (χ2v) is 2.78. The average Bonchev–Trinajstić information content (AvgIpc) is 2.01. The third-order valence-corrected chi connectivity index (χ3v) is 1.79. The van der Waals surface area contributed by atoms with E-state index in [1.54, 1.807) is 7.05 Å². The Bertz CT molecular complexity index is 265. The zero-order valence-corrected chi connectivity index (χ0v) is 7.25. The van der Waals surface area contributed by atoms with Crippen molar-refractivity contribution in [1.82, 2.24) is 5.32 Å². The molecule has 0 aliphatic carbocycles. The third-order valence-electron chi connectivity index (χ3n) is 1.42. The molecule has 1 aromatic rings. The van der Waals surface area contributed by atoms with Crippen LogP contribution in [0.25, 0.3) is 0 Å². The lowest BCUT2D eigenvalue weighted by atomic mass is 10.2. The standard InChI is InChI=1S/C8H8ClF2N/c1-12-4-5-2-6(10)8(9)7(11)3-5/h2-3,12H,4H2,1H3. The van der Waals surface area contributed by atoms with Crippen LogP contribution in [0.5, 0.6) is 0 Å². The quantitative estimate of drug-likeness (QED) is 0.708. The van der Waals surface area contributed by atoms with E-state index in [0.29, 0.717) is 12.1 Å². The van der Waals surface area contributed by atoms with E-state index >= 15 is 0 Å². The van der Waals surface area contributed by atoms with E-state index in [1.165, 1.54) is 12.1 Å². The van der Waals surface area contributed by atoms with Gasteiger partial charge in [-0.1, -0.05) is 11.6 Å². The molecule has 0 fully saturated rings. The van der Waals surface area contributed by atoms with Crippen molar-refractivity contribution in [2.75, 3.05) is 7.05 Å². The van der Waals surface area contributed by atoms with Crippen molar-refractivity contribution in [2.45, 2.75) is 6.54 Å². The largest absolute Gasteiger partial charge is 0.316 e. The summed E-state index contributed by atoms with van der Waals surface area (Å²) in [6.07, 6.45) is 0. The number of rotatable bonds is 2. The van der Waals surface area contributed by atoms with Gasteiger partial charge in [0.15, 0.2) is 0 Å². The smallest absolute Gasteiger partial charge is 0.145 e. The fourth-order valence-corrected chi connectivity index (χ4v) is 1.02. The molecular weight excluding hydrogens is 184 g/mol. The van der Waals surface area contributed by atoms with Crippen molar-refractivity contribution in [3.05, 3.63) is 34.4 Å². The maximum Gasteiger partial charge on any atom is 0.145 e. The lowest BCUT2D eigenvalue weighted by Crippen LogP contribution is -2.05. The highest BCUT2D eigenvalue weighted by atomic mass is 35.5. The molecule has 0 aromatic heterocycles. The minimum atomic E-state index is -0.720. The van der Waals surface area contributed by atoms with Crippen molar-refractivity contribution in [3.63, 3.8) is 0 Å². The summed E-state index contributed by atoms with van der Waals surface area (Å²) < 4.78 is 25.5. The van der Waals surface area contributed by atoms with Gasteiger partial charge in [0.2, 0.25) is 0 Å². The van der Waals surface area contributed by atoms with Gasteiger partial charge in [-0.25, -0.2) is 8.78 Å². The van der Waals surface area contributed by atoms with Gasteiger partial charge < -0.3 is 5.32 Å². The summed E-state index contributed by atoms with van der Waals surface area (Å²) >= 11 is 5.28. The second kappa shape index (κ2) is 3.83. The summed E-state index contributed by atoms with van der Waals surface area (Å²) in [4.78, 5) is 0. The molecule has 0 amide bonds. The zero-order chi connectivity index (χ0) is 9.14. The molecule has 0 spiro atoms. The van der Waals surface area contributed by atoms with E-state index in [9.17, 15) is 8.78 Å². The first-order valence-corrected chi connectivity index (χ1v) is 3.81. The van der Waals surface area contributed by atoms with Crippen LogP contribution >= 0.6 is 11.6 Å². The maximum absolute atomic E-state index is 12.8. The van der Waals surface area contributed by atoms with Gasteiger partial charge in [-0.2, -0.15) is 0 Å². The highest BCUT2D eigenvalue weighted by Crippen LogP contribution is 2.20. The van der Waals surface area contributed by atoms with E-state index < -0.39 is 16.7 Å². The van der Waals surface area contributed by atoms with Gasteiger partial charge in [-0.3, -0.25) is 0 Å². The molecule has 0 aliphatic rings. The number of nitrogens with one attached hydrogen (secondary N) is 1. The van der Waals surface area contributed by atoms with Crippen LogP contribution in [0.3, 0.4) is 0 Å². The van der Waals surface area contributed by atoms with Gasteiger partial charge in [-0.05, 0) is 24.7 Å². The first kappa shape index (κ1) is 9.42. The van der Waals surface area contributed by atoms with E-state index in [4.69, 9.17) is 11.6 Å². The third kappa shape index (κ3) is 1.93. The van der Waals surface area contributed by atoms with Gasteiger partial charge in [0.1, 0.15) is 16.7 Å². The average molecular weight is 192 g/mol. The number of benzene rings is 1. The number of halogens is 3. The van der Waals surface area contributed by atoms with Crippen molar-refractivity contribution >= 4 is 11.6 Å². The highest BCUT2D eigenvalue weighted by Gasteiger charge is 2.07. The Balaban J connectivity index is 3.04. The lowest BCUT2D eigenvalue weighted by molar-refractivity contribution is 0.578. The van der Waals surface area contributed by atoms with Gasteiger partial charge in [0.05, 0.1) is 0 Å². The molecular formula is C8H8ClF2N. The van der Waals surface area contributed by atoms with Gasteiger partial charge in [0.25, 0.3) is 0 Å². The first-order chi connectivity index (χ1) is 5.65. The Kier molecular flexibility index (Phi) is 3.00. The monoisotopic (exact) mass is 191 g/mol. The zero-order valence-electron chi connectivity index (χ0n) is 6.50. The fraction of sp³-hybridized carbons (Fsp3) is 0.250. The minimum Gasteiger partial charge on any atom is -0.316 e. The minimum absolute atomic E-state index is 0.422.